The van der Waals surface area contributed by atoms with E-state index in [2.05, 4.69) is 0 Å². The van der Waals surface area contributed by atoms with E-state index in [1.54, 1.807) is 24.3 Å². The minimum Gasteiger partial charge on any atom is -0.425 e. The average molecular weight is 266 g/mol. The van der Waals surface area contributed by atoms with Gasteiger partial charge in [0.1, 0.15) is 5.76 Å². The number of benzene rings is 2. The van der Waals surface area contributed by atoms with Crippen molar-refractivity contribution in [2.75, 3.05) is 0 Å². The van der Waals surface area contributed by atoms with Gasteiger partial charge in [-0.1, -0.05) is 60.7 Å². The molecule has 0 aliphatic carbocycles. The molecule has 100 valence electrons. The highest BCUT2D eigenvalue weighted by Crippen LogP contribution is 2.26. The fraction of sp³-hybridized carbons (Fsp3) is 0.0588. The number of rotatable bonds is 4. The molecule has 3 nitrogen and oxygen atoms in total. The normalized spacial score (nSPS) is 11.4. The van der Waals surface area contributed by atoms with Crippen molar-refractivity contribution in [3.05, 3.63) is 71.8 Å². The minimum absolute atomic E-state index is 0.277. The molecular weight excluding hydrogens is 252 g/mol. The molecular formula is C17H14O3. The monoisotopic (exact) mass is 266 g/mol. The molecule has 0 radical (unpaired) electrons. The second-order valence-corrected chi connectivity index (χ2v) is 4.19. The summed E-state index contributed by atoms with van der Waals surface area (Å²) in [6.45, 7) is 1.32. The second kappa shape index (κ2) is 6.48. The fourth-order valence-electron chi connectivity index (χ4n) is 1.87. The van der Waals surface area contributed by atoms with E-state index in [1.807, 2.05) is 36.4 Å². The van der Waals surface area contributed by atoms with Crippen molar-refractivity contribution < 1.29 is 14.3 Å². The van der Waals surface area contributed by atoms with E-state index >= 15 is 0 Å². The second-order valence-electron chi connectivity index (χ2n) is 4.19. The van der Waals surface area contributed by atoms with Crippen molar-refractivity contribution in [3.63, 3.8) is 0 Å². The van der Waals surface area contributed by atoms with E-state index in [0.717, 1.165) is 0 Å². The number of carbonyl (C=O) groups is 2. The molecule has 0 aromatic heterocycles. The summed E-state index contributed by atoms with van der Waals surface area (Å²) in [5.41, 5.74) is 1.75. The van der Waals surface area contributed by atoms with Crippen LogP contribution >= 0.6 is 0 Å². The van der Waals surface area contributed by atoms with Crippen LogP contribution in [0.25, 0.3) is 11.3 Å². The highest BCUT2D eigenvalue weighted by atomic mass is 16.5. The van der Waals surface area contributed by atoms with Gasteiger partial charge >= 0.3 is 5.97 Å². The maximum Gasteiger partial charge on any atom is 0.308 e. The number of carbonyl (C=O) groups excluding carboxylic acids is 2. The third-order valence-electron chi connectivity index (χ3n) is 2.73. The maximum absolute atomic E-state index is 11.5. The molecule has 0 atom stereocenters. The summed E-state index contributed by atoms with van der Waals surface area (Å²) in [6, 6.07) is 18.2. The Morgan fingerprint density at radius 2 is 1.40 bits per heavy atom. The lowest BCUT2D eigenvalue weighted by molar-refractivity contribution is -0.134. The van der Waals surface area contributed by atoms with Crippen LogP contribution in [0.1, 0.15) is 18.1 Å². The summed E-state index contributed by atoms with van der Waals surface area (Å²) >= 11 is 0. The lowest BCUT2D eigenvalue weighted by Crippen LogP contribution is -2.02. The van der Waals surface area contributed by atoms with Crippen LogP contribution in [0.15, 0.2) is 60.7 Å². The molecule has 2 rings (SSSR count). The quantitative estimate of drug-likeness (QED) is 0.280. The summed E-state index contributed by atoms with van der Waals surface area (Å²) in [5.74, 6) is -0.182. The molecule has 0 bridgehead atoms. The molecule has 0 spiro atoms. The Kier molecular flexibility index (Phi) is 4.45. The van der Waals surface area contributed by atoms with Crippen molar-refractivity contribution in [1.82, 2.24) is 0 Å². The van der Waals surface area contributed by atoms with Gasteiger partial charge in [-0.05, 0) is 5.56 Å². The molecule has 20 heavy (non-hydrogen) atoms. The molecule has 0 unspecified atom stereocenters. The molecule has 0 heterocycles. The van der Waals surface area contributed by atoms with E-state index in [-0.39, 0.29) is 5.76 Å². The van der Waals surface area contributed by atoms with Crippen molar-refractivity contribution in [3.8, 4) is 0 Å². The summed E-state index contributed by atoms with van der Waals surface area (Å²) in [4.78, 5) is 22.8. The Hall–Kier alpha value is -2.68. The topological polar surface area (TPSA) is 43.4 Å². The van der Waals surface area contributed by atoms with Gasteiger partial charge in [0, 0.05) is 12.5 Å². The Balaban J connectivity index is 2.61. The van der Waals surface area contributed by atoms with Gasteiger partial charge < -0.3 is 4.74 Å². The maximum atomic E-state index is 11.5. The highest BCUT2D eigenvalue weighted by molar-refractivity contribution is 6.16. The molecule has 2 aromatic carbocycles. The summed E-state index contributed by atoms with van der Waals surface area (Å²) < 4.78 is 5.25. The predicted molar refractivity (Wildman–Crippen MR) is 77.5 cm³/mol. The van der Waals surface area contributed by atoms with Gasteiger partial charge in [-0.25, -0.2) is 0 Å². The molecule has 0 N–H and O–H groups in total. The number of allylic oxidation sites excluding steroid dienone is 1. The van der Waals surface area contributed by atoms with Crippen LogP contribution in [0, 0.1) is 0 Å². The van der Waals surface area contributed by atoms with Crippen molar-refractivity contribution in [2.45, 2.75) is 6.92 Å². The first kappa shape index (κ1) is 13.7. The van der Waals surface area contributed by atoms with Gasteiger partial charge in [-0.15, -0.1) is 0 Å². The molecule has 0 aliphatic rings. The third-order valence-corrected chi connectivity index (χ3v) is 2.73. The van der Waals surface area contributed by atoms with Gasteiger partial charge in [0.15, 0.2) is 6.29 Å². The van der Waals surface area contributed by atoms with Crippen molar-refractivity contribution in [2.24, 2.45) is 0 Å². The van der Waals surface area contributed by atoms with E-state index in [1.165, 1.54) is 6.92 Å². The molecule has 2 aromatic rings. The van der Waals surface area contributed by atoms with Crippen molar-refractivity contribution >= 4 is 23.6 Å². The Bertz CT molecular complexity index is 628. The summed E-state index contributed by atoms with van der Waals surface area (Å²) in [7, 11) is 0. The van der Waals surface area contributed by atoms with Crippen LogP contribution in [0.2, 0.25) is 0 Å². The number of hydrogen-bond acceptors (Lipinski definition) is 3. The van der Waals surface area contributed by atoms with Crippen LogP contribution in [-0.2, 0) is 14.3 Å². The van der Waals surface area contributed by atoms with Gasteiger partial charge in [0.05, 0.1) is 5.57 Å². The first-order chi connectivity index (χ1) is 9.72. The fourth-order valence-corrected chi connectivity index (χ4v) is 1.87. The zero-order valence-electron chi connectivity index (χ0n) is 11.1. The summed E-state index contributed by atoms with van der Waals surface area (Å²) in [6.07, 6.45) is 0.709. The molecule has 3 heteroatoms. The lowest BCUT2D eigenvalue weighted by Gasteiger charge is -2.11. The van der Waals surface area contributed by atoms with Gasteiger partial charge in [0.25, 0.3) is 0 Å². The standard InChI is InChI=1S/C17H14O3/c1-13(19)20-17(15-10-6-3-7-11-15)16(12-18)14-8-4-2-5-9-14/h2-12H,1H3. The zero-order chi connectivity index (χ0) is 14.4. The van der Waals surface area contributed by atoms with Crippen LogP contribution in [0.5, 0.6) is 0 Å². The average Bonchev–Trinajstić information content (AvgIpc) is 2.49. The van der Waals surface area contributed by atoms with Gasteiger partial charge in [-0.3, -0.25) is 9.59 Å². The molecule has 0 saturated heterocycles. The van der Waals surface area contributed by atoms with E-state index in [4.69, 9.17) is 4.74 Å². The zero-order valence-corrected chi connectivity index (χ0v) is 11.1. The molecule has 0 amide bonds. The first-order valence-corrected chi connectivity index (χ1v) is 6.21. The lowest BCUT2D eigenvalue weighted by atomic mass is 10.0. The Labute approximate surface area is 117 Å². The van der Waals surface area contributed by atoms with Crippen LogP contribution in [0.3, 0.4) is 0 Å². The number of hydrogen-bond donors (Lipinski definition) is 0. The highest BCUT2D eigenvalue weighted by Gasteiger charge is 2.14. The van der Waals surface area contributed by atoms with Gasteiger partial charge in [0.2, 0.25) is 0 Å². The van der Waals surface area contributed by atoms with Crippen LogP contribution in [0.4, 0.5) is 0 Å². The first-order valence-electron chi connectivity index (χ1n) is 6.21. The van der Waals surface area contributed by atoms with E-state index < -0.39 is 5.97 Å². The van der Waals surface area contributed by atoms with E-state index in [9.17, 15) is 9.59 Å². The van der Waals surface area contributed by atoms with E-state index in [0.29, 0.717) is 23.0 Å². The van der Waals surface area contributed by atoms with Crippen LogP contribution in [-0.4, -0.2) is 12.3 Å². The predicted octanol–water partition coefficient (Wildman–Crippen LogP) is 3.32. The number of esters is 1. The summed E-state index contributed by atoms with van der Waals surface area (Å²) in [5, 5.41) is 0. The number of aldehydes is 1. The largest absolute Gasteiger partial charge is 0.425 e. The van der Waals surface area contributed by atoms with Crippen LogP contribution < -0.4 is 0 Å². The minimum atomic E-state index is -0.459. The smallest absolute Gasteiger partial charge is 0.308 e. The molecule has 0 aliphatic heterocycles. The SMILES string of the molecule is CC(=O)OC(=C(C=O)c1ccccc1)c1ccccc1. The van der Waals surface area contributed by atoms with Crippen molar-refractivity contribution in [1.29, 1.82) is 0 Å². The number of ether oxygens (including phenoxy) is 1. The molecule has 0 saturated carbocycles. The third kappa shape index (κ3) is 3.20. The Morgan fingerprint density at radius 3 is 1.85 bits per heavy atom. The Morgan fingerprint density at radius 1 is 0.900 bits per heavy atom. The van der Waals surface area contributed by atoms with Gasteiger partial charge in [-0.2, -0.15) is 0 Å². The molecule has 0 fully saturated rings.